The van der Waals surface area contributed by atoms with Gasteiger partial charge in [-0.25, -0.2) is 0 Å². The van der Waals surface area contributed by atoms with Gasteiger partial charge < -0.3 is 0 Å². The summed E-state index contributed by atoms with van der Waals surface area (Å²) in [5.41, 5.74) is 4.16. The van der Waals surface area contributed by atoms with Gasteiger partial charge in [-0.1, -0.05) is 42.2 Å². The molecule has 0 spiro atoms. The molecule has 3 heteroatoms. The maximum atomic E-state index is 10.7. The molecule has 0 atom stereocenters. The topological polar surface area (TPSA) is 17.1 Å². The minimum absolute atomic E-state index is 0.220. The van der Waals surface area contributed by atoms with E-state index in [9.17, 15) is 4.79 Å². The SMILES string of the molecule is C=C[Si](C)(C=C)CCCCSC(C)=O. The summed E-state index contributed by atoms with van der Waals surface area (Å²) >= 11 is 1.42. The van der Waals surface area contributed by atoms with Crippen molar-refractivity contribution in [1.82, 2.24) is 0 Å². The van der Waals surface area contributed by atoms with Crippen LogP contribution in [0.5, 0.6) is 0 Å². The first-order valence-corrected chi connectivity index (χ1v) is 8.79. The lowest BCUT2D eigenvalue weighted by molar-refractivity contribution is -0.109. The van der Waals surface area contributed by atoms with Crippen LogP contribution in [-0.2, 0) is 4.79 Å². The van der Waals surface area contributed by atoms with Gasteiger partial charge in [0.1, 0.15) is 0 Å². The van der Waals surface area contributed by atoms with Crippen molar-refractivity contribution >= 4 is 25.0 Å². The van der Waals surface area contributed by atoms with E-state index in [1.807, 2.05) is 0 Å². The first-order valence-electron chi connectivity index (χ1n) is 4.94. The Morgan fingerprint density at radius 3 is 2.36 bits per heavy atom. The number of carbonyl (C=O) groups is 1. The normalized spacial score (nSPS) is 11.0. The predicted molar refractivity (Wildman–Crippen MR) is 69.2 cm³/mol. The maximum absolute atomic E-state index is 10.7. The first kappa shape index (κ1) is 13.7. The molecule has 1 nitrogen and oxygen atoms in total. The molecule has 0 amide bonds. The van der Waals surface area contributed by atoms with Gasteiger partial charge in [-0.05, 0) is 6.42 Å². The van der Waals surface area contributed by atoms with E-state index >= 15 is 0 Å². The summed E-state index contributed by atoms with van der Waals surface area (Å²) in [6.45, 7) is 11.6. The molecular formula is C11H20OSSi. The van der Waals surface area contributed by atoms with E-state index in [2.05, 4.69) is 31.1 Å². The third-order valence-electron chi connectivity index (χ3n) is 2.35. The van der Waals surface area contributed by atoms with E-state index < -0.39 is 8.07 Å². The van der Waals surface area contributed by atoms with Crippen LogP contribution < -0.4 is 0 Å². The van der Waals surface area contributed by atoms with Crippen LogP contribution in [0.2, 0.25) is 12.6 Å². The Morgan fingerprint density at radius 1 is 1.36 bits per heavy atom. The van der Waals surface area contributed by atoms with E-state index in [0.29, 0.717) is 0 Å². The van der Waals surface area contributed by atoms with Crippen molar-refractivity contribution < 1.29 is 4.79 Å². The molecule has 0 rings (SSSR count). The monoisotopic (exact) mass is 228 g/mol. The van der Waals surface area contributed by atoms with E-state index in [0.717, 1.165) is 12.2 Å². The zero-order valence-electron chi connectivity index (χ0n) is 9.21. The Balaban J connectivity index is 3.57. The van der Waals surface area contributed by atoms with Crippen molar-refractivity contribution in [3.63, 3.8) is 0 Å². The Hall–Kier alpha value is -0.283. The highest BCUT2D eigenvalue weighted by molar-refractivity contribution is 8.13. The van der Waals surface area contributed by atoms with Gasteiger partial charge in [-0.2, -0.15) is 0 Å². The van der Waals surface area contributed by atoms with Crippen LogP contribution in [0.4, 0.5) is 0 Å². The van der Waals surface area contributed by atoms with Crippen molar-refractivity contribution in [3.05, 3.63) is 24.6 Å². The van der Waals surface area contributed by atoms with Gasteiger partial charge in [0.2, 0.25) is 0 Å². The Kier molecular flexibility index (Phi) is 6.92. The highest BCUT2D eigenvalue weighted by Gasteiger charge is 2.17. The third kappa shape index (κ3) is 6.21. The average molecular weight is 228 g/mol. The fraction of sp³-hybridized carbons (Fsp3) is 0.545. The van der Waals surface area contributed by atoms with Gasteiger partial charge in [0.05, 0.1) is 8.07 Å². The molecule has 0 bridgehead atoms. The van der Waals surface area contributed by atoms with E-state index in [-0.39, 0.29) is 5.12 Å². The molecule has 0 N–H and O–H groups in total. The highest BCUT2D eigenvalue weighted by atomic mass is 32.2. The van der Waals surface area contributed by atoms with Crippen molar-refractivity contribution in [3.8, 4) is 0 Å². The summed E-state index contributed by atoms with van der Waals surface area (Å²) in [6, 6.07) is 1.21. The summed E-state index contributed by atoms with van der Waals surface area (Å²) in [5, 5.41) is 0.220. The molecule has 0 aliphatic carbocycles. The van der Waals surface area contributed by atoms with Crippen LogP contribution >= 0.6 is 11.8 Å². The lowest BCUT2D eigenvalue weighted by Crippen LogP contribution is -2.23. The number of hydrogen-bond acceptors (Lipinski definition) is 2. The Bertz CT molecular complexity index is 205. The van der Waals surface area contributed by atoms with Crippen molar-refractivity contribution in [1.29, 1.82) is 0 Å². The molecule has 0 fully saturated rings. The molecule has 0 aliphatic rings. The van der Waals surface area contributed by atoms with Gasteiger partial charge >= 0.3 is 0 Å². The van der Waals surface area contributed by atoms with Crippen molar-refractivity contribution in [2.24, 2.45) is 0 Å². The summed E-state index contributed by atoms with van der Waals surface area (Å²) in [7, 11) is -1.34. The fourth-order valence-electron chi connectivity index (χ4n) is 1.11. The molecule has 14 heavy (non-hydrogen) atoms. The molecular weight excluding hydrogens is 208 g/mol. The molecule has 0 aromatic rings. The minimum Gasteiger partial charge on any atom is -0.288 e. The maximum Gasteiger partial charge on any atom is 0.185 e. The number of rotatable bonds is 7. The Morgan fingerprint density at radius 2 is 1.93 bits per heavy atom. The molecule has 0 heterocycles. The van der Waals surface area contributed by atoms with Crippen LogP contribution in [0.15, 0.2) is 24.6 Å². The van der Waals surface area contributed by atoms with Crippen LogP contribution in [0.25, 0.3) is 0 Å². The minimum atomic E-state index is -1.34. The lowest BCUT2D eigenvalue weighted by Gasteiger charge is -2.17. The van der Waals surface area contributed by atoms with Gasteiger partial charge in [0.15, 0.2) is 5.12 Å². The lowest BCUT2D eigenvalue weighted by atomic mass is 10.4. The van der Waals surface area contributed by atoms with Crippen LogP contribution in [0, 0.1) is 0 Å². The van der Waals surface area contributed by atoms with Gasteiger partial charge in [-0.3, -0.25) is 4.79 Å². The van der Waals surface area contributed by atoms with Crippen LogP contribution in [0.3, 0.4) is 0 Å². The largest absolute Gasteiger partial charge is 0.288 e. The van der Waals surface area contributed by atoms with Crippen molar-refractivity contribution in [2.75, 3.05) is 5.75 Å². The van der Waals surface area contributed by atoms with Gasteiger partial charge in [0, 0.05) is 12.7 Å². The molecule has 0 saturated carbocycles. The molecule has 0 unspecified atom stereocenters. The summed E-state index contributed by atoms with van der Waals surface area (Å²) < 4.78 is 0. The number of unbranched alkanes of at least 4 members (excludes halogenated alkanes) is 1. The average Bonchev–Trinajstić information content (AvgIpc) is 2.16. The molecule has 0 radical (unpaired) electrons. The molecule has 0 aromatic heterocycles. The molecule has 0 aromatic carbocycles. The molecule has 0 saturated heterocycles. The standard InChI is InChI=1S/C11H20OSSi/c1-5-14(4,6-2)10-8-7-9-13-11(3)12/h5-6H,1-2,7-10H2,3-4H3. The smallest absolute Gasteiger partial charge is 0.185 e. The zero-order chi connectivity index (χ0) is 11.0. The Labute approximate surface area is 92.7 Å². The predicted octanol–water partition coefficient (Wildman–Crippen LogP) is 3.58. The summed E-state index contributed by atoms with van der Waals surface area (Å²) in [5.74, 6) is 0.952. The quantitative estimate of drug-likeness (QED) is 0.489. The van der Waals surface area contributed by atoms with E-state index in [1.165, 1.54) is 24.2 Å². The number of carbonyl (C=O) groups excluding carboxylic acids is 1. The summed E-state index contributed by atoms with van der Waals surface area (Å²) in [4.78, 5) is 10.7. The van der Waals surface area contributed by atoms with Gasteiger partial charge in [0.25, 0.3) is 0 Å². The number of thioether (sulfide) groups is 1. The zero-order valence-corrected chi connectivity index (χ0v) is 11.0. The molecule has 80 valence electrons. The van der Waals surface area contributed by atoms with E-state index in [4.69, 9.17) is 0 Å². The third-order valence-corrected chi connectivity index (χ3v) is 6.54. The fourth-order valence-corrected chi connectivity index (χ4v) is 3.33. The first-order chi connectivity index (χ1) is 6.54. The highest BCUT2D eigenvalue weighted by Crippen LogP contribution is 2.17. The second-order valence-electron chi connectivity index (χ2n) is 3.71. The van der Waals surface area contributed by atoms with E-state index in [1.54, 1.807) is 6.92 Å². The summed E-state index contributed by atoms with van der Waals surface area (Å²) in [6.07, 6.45) is 2.30. The second kappa shape index (κ2) is 7.07. The van der Waals surface area contributed by atoms with Crippen molar-refractivity contribution in [2.45, 2.75) is 32.4 Å². The second-order valence-corrected chi connectivity index (χ2v) is 9.31. The van der Waals surface area contributed by atoms with Gasteiger partial charge in [-0.15, -0.1) is 13.2 Å². The van der Waals surface area contributed by atoms with Crippen LogP contribution in [0.1, 0.15) is 19.8 Å². The molecule has 0 aliphatic heterocycles. The number of hydrogen-bond donors (Lipinski definition) is 0. The van der Waals surface area contributed by atoms with Crippen LogP contribution in [-0.4, -0.2) is 18.9 Å².